The van der Waals surface area contributed by atoms with Crippen LogP contribution in [0.1, 0.15) is 80.6 Å². The van der Waals surface area contributed by atoms with Crippen LogP contribution >= 0.6 is 0 Å². The maximum Gasteiger partial charge on any atom is 0.0352 e. The van der Waals surface area contributed by atoms with Crippen molar-refractivity contribution in [2.45, 2.75) is 80.6 Å². The molecule has 0 spiro atoms. The van der Waals surface area contributed by atoms with Gasteiger partial charge in [-0.05, 0) is 51.0 Å². The molecular formula is C19H37N. The van der Waals surface area contributed by atoms with Crippen molar-refractivity contribution in [2.75, 3.05) is 13.6 Å². The lowest BCUT2D eigenvalue weighted by molar-refractivity contribution is 0.320. The third-order valence-corrected chi connectivity index (χ3v) is 4.19. The van der Waals surface area contributed by atoms with Crippen LogP contribution < -0.4 is 0 Å². The van der Waals surface area contributed by atoms with E-state index in [2.05, 4.69) is 66.5 Å². The van der Waals surface area contributed by atoms with Crippen LogP contribution in [0.15, 0.2) is 22.9 Å². The van der Waals surface area contributed by atoms with Crippen LogP contribution in [-0.2, 0) is 0 Å². The first kappa shape index (κ1) is 19.3. The van der Waals surface area contributed by atoms with E-state index in [1.54, 1.807) is 11.1 Å². The second-order valence-corrected chi connectivity index (χ2v) is 6.79. The van der Waals surface area contributed by atoms with Gasteiger partial charge in [-0.15, -0.1) is 0 Å². The molecule has 0 aliphatic carbocycles. The highest BCUT2D eigenvalue weighted by Gasteiger charge is 2.22. The first-order valence-electron chi connectivity index (χ1n) is 8.39. The predicted octanol–water partition coefficient (Wildman–Crippen LogP) is 6.17. The molecule has 0 aliphatic rings. The normalized spacial score (nSPS) is 14.3. The predicted molar refractivity (Wildman–Crippen MR) is 93.0 cm³/mol. The lowest BCUT2D eigenvalue weighted by Crippen LogP contribution is -2.22. The summed E-state index contributed by atoms with van der Waals surface area (Å²) in [5, 5.41) is 0. The average molecular weight is 280 g/mol. The third-order valence-electron chi connectivity index (χ3n) is 4.19. The summed E-state index contributed by atoms with van der Waals surface area (Å²) in [5.74, 6) is 0. The number of allylic oxidation sites excluding steroid dienone is 3. The van der Waals surface area contributed by atoms with Gasteiger partial charge in [-0.25, -0.2) is 0 Å². The Hall–Kier alpha value is -0.720. The van der Waals surface area contributed by atoms with Gasteiger partial charge in [0, 0.05) is 19.3 Å². The fourth-order valence-electron chi connectivity index (χ4n) is 3.03. The maximum atomic E-state index is 2.41. The molecule has 118 valence electrons. The summed E-state index contributed by atoms with van der Waals surface area (Å²) in [4.78, 5) is 2.39. The molecule has 0 radical (unpaired) electrons. The summed E-state index contributed by atoms with van der Waals surface area (Å²) >= 11 is 0. The quantitative estimate of drug-likeness (QED) is 0.456. The fraction of sp³-hybridized carbons (Fsp3) is 0.789. The Morgan fingerprint density at radius 3 is 2.10 bits per heavy atom. The van der Waals surface area contributed by atoms with Crippen molar-refractivity contribution in [2.24, 2.45) is 5.41 Å². The van der Waals surface area contributed by atoms with Gasteiger partial charge in [0.2, 0.25) is 0 Å². The first-order valence-corrected chi connectivity index (χ1v) is 8.39. The molecule has 0 aromatic carbocycles. The van der Waals surface area contributed by atoms with E-state index >= 15 is 0 Å². The number of likely N-dealkylation sites (N-methyl/N-ethyl adjacent to an activating group) is 1. The molecule has 0 bridgehead atoms. The standard InChI is InChI=1S/C19H37N/c1-9-13-16(5)17(15-19(6,7)14-10-2)18(11-3)20(8)12-4/h11H,9-10,12-15H2,1-8H3. The van der Waals surface area contributed by atoms with Gasteiger partial charge < -0.3 is 4.90 Å². The Balaban J connectivity index is 5.46. The second-order valence-electron chi connectivity index (χ2n) is 6.79. The molecule has 1 heteroatoms. The molecule has 20 heavy (non-hydrogen) atoms. The highest BCUT2D eigenvalue weighted by atomic mass is 15.1. The van der Waals surface area contributed by atoms with Gasteiger partial charge in [0.15, 0.2) is 0 Å². The number of hydrogen-bond donors (Lipinski definition) is 0. The molecule has 1 nitrogen and oxygen atoms in total. The summed E-state index contributed by atoms with van der Waals surface area (Å²) in [6.07, 6.45) is 8.49. The summed E-state index contributed by atoms with van der Waals surface area (Å²) in [6, 6.07) is 0. The van der Waals surface area contributed by atoms with Crippen LogP contribution in [0, 0.1) is 5.41 Å². The van der Waals surface area contributed by atoms with E-state index in [4.69, 9.17) is 0 Å². The Morgan fingerprint density at radius 1 is 1.10 bits per heavy atom. The average Bonchev–Trinajstić information content (AvgIpc) is 2.38. The van der Waals surface area contributed by atoms with Gasteiger partial charge in [0.05, 0.1) is 0 Å². The summed E-state index contributed by atoms with van der Waals surface area (Å²) < 4.78 is 0. The van der Waals surface area contributed by atoms with Crippen molar-refractivity contribution in [1.29, 1.82) is 0 Å². The summed E-state index contributed by atoms with van der Waals surface area (Å²) in [6.45, 7) is 17.2. The van der Waals surface area contributed by atoms with Crippen molar-refractivity contribution in [3.63, 3.8) is 0 Å². The van der Waals surface area contributed by atoms with Crippen LogP contribution in [0.2, 0.25) is 0 Å². The summed E-state index contributed by atoms with van der Waals surface area (Å²) in [5.41, 5.74) is 4.98. The van der Waals surface area contributed by atoms with Gasteiger partial charge in [0.1, 0.15) is 0 Å². The minimum Gasteiger partial charge on any atom is -0.375 e. The molecule has 0 aromatic rings. The smallest absolute Gasteiger partial charge is 0.0352 e. The zero-order valence-corrected chi connectivity index (χ0v) is 15.3. The van der Waals surface area contributed by atoms with E-state index in [1.165, 1.54) is 37.8 Å². The fourth-order valence-corrected chi connectivity index (χ4v) is 3.03. The van der Waals surface area contributed by atoms with E-state index in [0.29, 0.717) is 5.41 Å². The zero-order valence-electron chi connectivity index (χ0n) is 15.3. The van der Waals surface area contributed by atoms with Crippen molar-refractivity contribution < 1.29 is 0 Å². The van der Waals surface area contributed by atoms with Crippen LogP contribution in [0.3, 0.4) is 0 Å². The molecule has 0 rings (SSSR count). The monoisotopic (exact) mass is 279 g/mol. The van der Waals surface area contributed by atoms with Crippen LogP contribution in [0.25, 0.3) is 0 Å². The molecule has 0 N–H and O–H groups in total. The number of rotatable bonds is 9. The SMILES string of the molecule is CC=C(C(CC(C)(C)CCC)=C(C)CCC)N(C)CC. The van der Waals surface area contributed by atoms with Crippen molar-refractivity contribution in [3.8, 4) is 0 Å². The molecule has 0 aliphatic heterocycles. The molecule has 0 heterocycles. The largest absolute Gasteiger partial charge is 0.375 e. The topological polar surface area (TPSA) is 3.24 Å². The molecule has 0 saturated carbocycles. The lowest BCUT2D eigenvalue weighted by Gasteiger charge is -2.31. The lowest BCUT2D eigenvalue weighted by atomic mass is 9.79. The first-order chi connectivity index (χ1) is 9.32. The van der Waals surface area contributed by atoms with E-state index in [-0.39, 0.29) is 0 Å². The molecule has 0 fully saturated rings. The van der Waals surface area contributed by atoms with Crippen LogP contribution in [0.4, 0.5) is 0 Å². The molecule has 0 saturated heterocycles. The van der Waals surface area contributed by atoms with Crippen molar-refractivity contribution >= 4 is 0 Å². The minimum atomic E-state index is 0.391. The Kier molecular flexibility index (Phi) is 8.93. The van der Waals surface area contributed by atoms with Crippen LogP contribution in [-0.4, -0.2) is 18.5 Å². The van der Waals surface area contributed by atoms with Gasteiger partial charge in [0.25, 0.3) is 0 Å². The third kappa shape index (κ3) is 6.15. The Labute approximate surface area is 128 Å². The van der Waals surface area contributed by atoms with E-state index in [9.17, 15) is 0 Å². The molecule has 0 unspecified atom stereocenters. The molecular weight excluding hydrogens is 242 g/mol. The minimum absolute atomic E-state index is 0.391. The van der Waals surface area contributed by atoms with Gasteiger partial charge in [-0.2, -0.15) is 0 Å². The second kappa shape index (κ2) is 9.26. The molecule has 0 amide bonds. The zero-order chi connectivity index (χ0) is 15.8. The molecule has 0 atom stereocenters. The maximum absolute atomic E-state index is 2.41. The molecule has 0 aromatic heterocycles. The van der Waals surface area contributed by atoms with Gasteiger partial charge in [-0.1, -0.05) is 52.2 Å². The van der Waals surface area contributed by atoms with Gasteiger partial charge in [-0.3, -0.25) is 0 Å². The Bertz CT molecular complexity index is 334. The summed E-state index contributed by atoms with van der Waals surface area (Å²) in [7, 11) is 2.21. The Morgan fingerprint density at radius 2 is 1.70 bits per heavy atom. The van der Waals surface area contributed by atoms with E-state index in [1.807, 2.05) is 0 Å². The van der Waals surface area contributed by atoms with Crippen LogP contribution in [0.5, 0.6) is 0 Å². The van der Waals surface area contributed by atoms with Crippen molar-refractivity contribution in [3.05, 3.63) is 22.9 Å². The van der Waals surface area contributed by atoms with E-state index in [0.717, 1.165) is 6.54 Å². The number of nitrogens with zero attached hydrogens (tertiary/aromatic N) is 1. The number of hydrogen-bond acceptors (Lipinski definition) is 1. The van der Waals surface area contributed by atoms with Crippen molar-refractivity contribution in [1.82, 2.24) is 4.90 Å². The van der Waals surface area contributed by atoms with Gasteiger partial charge >= 0.3 is 0 Å². The highest BCUT2D eigenvalue weighted by Crippen LogP contribution is 2.36. The highest BCUT2D eigenvalue weighted by molar-refractivity contribution is 5.34. The van der Waals surface area contributed by atoms with E-state index < -0.39 is 0 Å².